The molecular formula is C10H17N3O. The summed E-state index contributed by atoms with van der Waals surface area (Å²) < 4.78 is 0. The van der Waals surface area contributed by atoms with Crippen LogP contribution in [0.5, 0.6) is 0 Å². The van der Waals surface area contributed by atoms with E-state index in [0.29, 0.717) is 0 Å². The fourth-order valence-electron chi connectivity index (χ4n) is 1.52. The Labute approximate surface area is 83.7 Å². The number of rotatable bonds is 4. The Morgan fingerprint density at radius 3 is 2.86 bits per heavy atom. The maximum atomic E-state index is 11.0. The Hall–Kier alpha value is -1.32. The third-order valence-corrected chi connectivity index (χ3v) is 2.02. The highest BCUT2D eigenvalue weighted by molar-refractivity contribution is 5.41. The second kappa shape index (κ2) is 4.26. The molecule has 0 aliphatic carbocycles. The summed E-state index contributed by atoms with van der Waals surface area (Å²) in [6.45, 7) is 6.36. The number of hydrogen-bond donors (Lipinski definition) is 2. The zero-order valence-electron chi connectivity index (χ0n) is 8.92. The van der Waals surface area contributed by atoms with Crippen molar-refractivity contribution >= 4 is 5.69 Å². The van der Waals surface area contributed by atoms with Crippen LogP contribution >= 0.6 is 0 Å². The van der Waals surface area contributed by atoms with Gasteiger partial charge in [0, 0.05) is 11.6 Å². The van der Waals surface area contributed by atoms with Gasteiger partial charge >= 0.3 is 0 Å². The molecule has 0 saturated carbocycles. The van der Waals surface area contributed by atoms with Gasteiger partial charge in [-0.3, -0.25) is 4.79 Å². The van der Waals surface area contributed by atoms with Gasteiger partial charge in [-0.25, -0.2) is 5.10 Å². The fraction of sp³-hybridized carbons (Fsp3) is 0.600. The minimum atomic E-state index is -0.178. The van der Waals surface area contributed by atoms with Gasteiger partial charge in [0.1, 0.15) is 0 Å². The second-order valence-electron chi connectivity index (χ2n) is 4.09. The normalized spacial score (nSPS) is 11.4. The fourth-order valence-corrected chi connectivity index (χ4v) is 1.52. The van der Waals surface area contributed by atoms with Crippen LogP contribution in [-0.2, 0) is 0 Å². The quantitative estimate of drug-likeness (QED) is 0.769. The van der Waals surface area contributed by atoms with E-state index in [0.717, 1.165) is 18.5 Å². The molecule has 4 heteroatoms. The second-order valence-corrected chi connectivity index (χ2v) is 4.09. The van der Waals surface area contributed by atoms with Crippen molar-refractivity contribution in [2.45, 2.75) is 39.2 Å². The summed E-state index contributed by atoms with van der Waals surface area (Å²) in [5.74, 6) is 0. The Kier molecular flexibility index (Phi) is 3.28. The zero-order chi connectivity index (χ0) is 10.6. The molecule has 1 aromatic heterocycles. The average Bonchev–Trinajstić information content (AvgIpc) is 2.02. The van der Waals surface area contributed by atoms with Crippen molar-refractivity contribution < 1.29 is 0 Å². The van der Waals surface area contributed by atoms with Gasteiger partial charge in [-0.05, 0) is 20.3 Å². The molecular weight excluding hydrogens is 178 g/mol. The van der Waals surface area contributed by atoms with E-state index in [1.165, 1.54) is 6.07 Å². The number of hydrogen-bond acceptors (Lipinski definition) is 3. The first-order valence-electron chi connectivity index (χ1n) is 4.86. The smallest absolute Gasteiger partial charge is 0.266 e. The van der Waals surface area contributed by atoms with Crippen molar-refractivity contribution in [3.05, 3.63) is 22.6 Å². The van der Waals surface area contributed by atoms with Crippen LogP contribution in [0.2, 0.25) is 0 Å². The predicted octanol–water partition coefficient (Wildman–Crippen LogP) is 1.76. The molecule has 14 heavy (non-hydrogen) atoms. The third kappa shape index (κ3) is 3.20. The molecule has 0 amide bonds. The molecule has 0 radical (unpaired) electrons. The first kappa shape index (κ1) is 10.8. The maximum Gasteiger partial charge on any atom is 0.266 e. The van der Waals surface area contributed by atoms with E-state index in [2.05, 4.69) is 36.3 Å². The van der Waals surface area contributed by atoms with Gasteiger partial charge < -0.3 is 5.32 Å². The largest absolute Gasteiger partial charge is 0.379 e. The Morgan fingerprint density at radius 2 is 2.29 bits per heavy atom. The van der Waals surface area contributed by atoms with Gasteiger partial charge in [-0.1, -0.05) is 13.3 Å². The molecule has 0 saturated heterocycles. The zero-order valence-corrected chi connectivity index (χ0v) is 8.92. The molecule has 0 aliphatic rings. The summed E-state index contributed by atoms with van der Waals surface area (Å²) in [7, 11) is 0. The molecule has 0 bridgehead atoms. The molecule has 2 N–H and O–H groups in total. The highest BCUT2D eigenvalue weighted by Gasteiger charge is 2.15. The first-order valence-corrected chi connectivity index (χ1v) is 4.86. The van der Waals surface area contributed by atoms with Crippen LogP contribution in [0.3, 0.4) is 0 Å². The number of nitrogens with zero attached hydrogens (tertiary/aromatic N) is 1. The highest BCUT2D eigenvalue weighted by atomic mass is 16.1. The van der Waals surface area contributed by atoms with Crippen LogP contribution in [0.1, 0.15) is 33.6 Å². The molecule has 0 atom stereocenters. The minimum absolute atomic E-state index is 0.00419. The highest BCUT2D eigenvalue weighted by Crippen LogP contribution is 2.17. The monoisotopic (exact) mass is 195 g/mol. The van der Waals surface area contributed by atoms with Gasteiger partial charge in [0.2, 0.25) is 0 Å². The molecule has 4 nitrogen and oxygen atoms in total. The van der Waals surface area contributed by atoms with Gasteiger partial charge in [0.05, 0.1) is 11.9 Å². The maximum absolute atomic E-state index is 11.0. The van der Waals surface area contributed by atoms with Crippen LogP contribution in [-0.4, -0.2) is 15.7 Å². The third-order valence-electron chi connectivity index (χ3n) is 2.02. The SMILES string of the molecule is CCCC(C)(C)Nc1cn[nH]c(=O)c1. The lowest BCUT2D eigenvalue weighted by molar-refractivity contribution is 0.510. The van der Waals surface area contributed by atoms with E-state index in [1.54, 1.807) is 6.20 Å². The van der Waals surface area contributed by atoms with Crippen LogP contribution in [0.15, 0.2) is 17.1 Å². The summed E-state index contributed by atoms with van der Waals surface area (Å²) in [4.78, 5) is 11.0. The molecule has 1 rings (SSSR count). The van der Waals surface area contributed by atoms with Crippen LogP contribution in [0, 0.1) is 0 Å². The molecule has 0 unspecified atom stereocenters. The van der Waals surface area contributed by atoms with Gasteiger partial charge in [-0.2, -0.15) is 5.10 Å². The molecule has 0 spiro atoms. The van der Waals surface area contributed by atoms with Gasteiger partial charge in [0.25, 0.3) is 5.56 Å². The van der Waals surface area contributed by atoms with Gasteiger partial charge in [-0.15, -0.1) is 0 Å². The van der Waals surface area contributed by atoms with E-state index < -0.39 is 0 Å². The first-order chi connectivity index (χ1) is 6.53. The van der Waals surface area contributed by atoms with Crippen molar-refractivity contribution in [3.8, 4) is 0 Å². The average molecular weight is 195 g/mol. The molecule has 78 valence electrons. The van der Waals surface area contributed by atoms with E-state index in [-0.39, 0.29) is 11.1 Å². The van der Waals surface area contributed by atoms with Crippen molar-refractivity contribution in [3.63, 3.8) is 0 Å². The summed E-state index contributed by atoms with van der Waals surface area (Å²) in [6, 6.07) is 1.52. The van der Waals surface area contributed by atoms with E-state index in [4.69, 9.17) is 0 Å². The predicted molar refractivity (Wildman–Crippen MR) is 57.5 cm³/mol. The number of aromatic nitrogens is 2. The number of nitrogens with one attached hydrogen (secondary N) is 2. The van der Waals surface area contributed by atoms with E-state index in [1.807, 2.05) is 0 Å². The molecule has 1 aromatic rings. The molecule has 0 aliphatic heterocycles. The van der Waals surface area contributed by atoms with Crippen molar-refractivity contribution in [1.29, 1.82) is 0 Å². The number of anilines is 1. The van der Waals surface area contributed by atoms with Crippen molar-refractivity contribution in [2.75, 3.05) is 5.32 Å². The van der Waals surface area contributed by atoms with Crippen LogP contribution in [0.25, 0.3) is 0 Å². The Bertz CT molecular complexity index is 343. The topological polar surface area (TPSA) is 57.8 Å². The summed E-state index contributed by atoms with van der Waals surface area (Å²) in [5.41, 5.74) is 0.596. The lowest BCUT2D eigenvalue weighted by atomic mass is 9.99. The summed E-state index contributed by atoms with van der Waals surface area (Å²) >= 11 is 0. The molecule has 1 heterocycles. The van der Waals surface area contributed by atoms with E-state index >= 15 is 0 Å². The van der Waals surface area contributed by atoms with Gasteiger partial charge in [0.15, 0.2) is 0 Å². The van der Waals surface area contributed by atoms with Crippen LogP contribution in [0.4, 0.5) is 5.69 Å². The standard InChI is InChI=1S/C10H17N3O/c1-4-5-10(2,3)12-8-6-9(14)13-11-7-8/h6-7H,4-5H2,1-3H3,(H2,12,13,14). The van der Waals surface area contributed by atoms with Crippen molar-refractivity contribution in [1.82, 2.24) is 10.2 Å². The lowest BCUT2D eigenvalue weighted by Crippen LogP contribution is -2.31. The Morgan fingerprint density at radius 1 is 1.57 bits per heavy atom. The van der Waals surface area contributed by atoms with Crippen molar-refractivity contribution in [2.24, 2.45) is 0 Å². The number of aromatic amines is 1. The van der Waals surface area contributed by atoms with E-state index in [9.17, 15) is 4.79 Å². The summed E-state index contributed by atoms with van der Waals surface area (Å²) in [6.07, 6.45) is 3.79. The minimum Gasteiger partial charge on any atom is -0.379 e. The molecule has 0 fully saturated rings. The van der Waals surface area contributed by atoms with Crippen LogP contribution < -0.4 is 10.9 Å². The Balaban J connectivity index is 2.73. The lowest BCUT2D eigenvalue weighted by Gasteiger charge is -2.26. The number of H-pyrrole nitrogens is 1. The summed E-state index contributed by atoms with van der Waals surface area (Å²) in [5, 5.41) is 9.35. The molecule has 0 aromatic carbocycles.